The Morgan fingerprint density at radius 1 is 1.21 bits per heavy atom. The average molecular weight is 222 g/mol. The number of hydrogen-bond donors (Lipinski definition) is 0. The molecule has 0 atom stereocenters. The molecule has 7 heteroatoms. The van der Waals surface area contributed by atoms with Gasteiger partial charge in [0.15, 0.2) is 5.65 Å². The third kappa shape index (κ3) is 1.41. The molecule has 0 saturated heterocycles. The summed E-state index contributed by atoms with van der Waals surface area (Å²) in [4.78, 5) is 0. The van der Waals surface area contributed by atoms with Crippen LogP contribution in [-0.2, 0) is 6.18 Å². The summed E-state index contributed by atoms with van der Waals surface area (Å²) in [6, 6.07) is 2.14. The molecule has 0 bridgehead atoms. The minimum absolute atomic E-state index is 0.0916. The Labute approximate surface area is 81.1 Å². The molecule has 0 spiro atoms. The number of pyridine rings is 1. The molecular formula is C7H3ClF3N3. The lowest BCUT2D eigenvalue weighted by Gasteiger charge is -2.05. The molecule has 2 rings (SSSR count). The van der Waals surface area contributed by atoms with Gasteiger partial charge in [0.05, 0.1) is 5.56 Å². The van der Waals surface area contributed by atoms with Gasteiger partial charge in [0.25, 0.3) is 0 Å². The lowest BCUT2D eigenvalue weighted by Crippen LogP contribution is -2.06. The van der Waals surface area contributed by atoms with Crippen LogP contribution in [0, 0.1) is 0 Å². The Balaban J connectivity index is 2.66. The van der Waals surface area contributed by atoms with E-state index in [1.165, 1.54) is 6.07 Å². The predicted molar refractivity (Wildman–Crippen MR) is 43.0 cm³/mol. The van der Waals surface area contributed by atoms with Crippen LogP contribution in [0.25, 0.3) is 5.65 Å². The predicted octanol–water partition coefficient (Wildman–Crippen LogP) is 2.40. The fraction of sp³-hybridized carbons (Fsp3) is 0.143. The highest BCUT2D eigenvalue weighted by molar-refractivity contribution is 6.28. The van der Waals surface area contributed by atoms with E-state index in [1.54, 1.807) is 0 Å². The maximum atomic E-state index is 12.3. The first-order valence-electron chi connectivity index (χ1n) is 3.56. The maximum absolute atomic E-state index is 12.3. The van der Waals surface area contributed by atoms with Gasteiger partial charge in [-0.2, -0.15) is 13.2 Å². The topological polar surface area (TPSA) is 30.2 Å². The van der Waals surface area contributed by atoms with E-state index < -0.39 is 11.7 Å². The van der Waals surface area contributed by atoms with Crippen LogP contribution < -0.4 is 0 Å². The van der Waals surface area contributed by atoms with Crippen LogP contribution in [0.2, 0.25) is 5.28 Å². The zero-order valence-corrected chi connectivity index (χ0v) is 7.34. The lowest BCUT2D eigenvalue weighted by molar-refractivity contribution is -0.137. The summed E-state index contributed by atoms with van der Waals surface area (Å²) < 4.78 is 37.8. The Kier molecular flexibility index (Phi) is 1.88. The highest BCUT2D eigenvalue weighted by atomic mass is 35.5. The summed E-state index contributed by atoms with van der Waals surface area (Å²) in [7, 11) is 0. The van der Waals surface area contributed by atoms with Gasteiger partial charge in [-0.05, 0) is 23.7 Å². The van der Waals surface area contributed by atoms with Crippen molar-refractivity contribution in [1.29, 1.82) is 0 Å². The Bertz CT molecular complexity index is 476. The quantitative estimate of drug-likeness (QED) is 0.684. The van der Waals surface area contributed by atoms with E-state index in [4.69, 9.17) is 11.6 Å². The number of fused-ring (bicyclic) bond motifs is 1. The van der Waals surface area contributed by atoms with Crippen LogP contribution in [0.1, 0.15) is 5.56 Å². The van der Waals surface area contributed by atoms with Gasteiger partial charge in [0.2, 0.25) is 5.28 Å². The van der Waals surface area contributed by atoms with Crippen molar-refractivity contribution < 1.29 is 13.2 Å². The number of alkyl halides is 3. The minimum Gasteiger partial charge on any atom is -0.273 e. The summed E-state index contributed by atoms with van der Waals surface area (Å²) in [6.45, 7) is 0. The SMILES string of the molecule is FC(F)(F)c1ccc2nnc(Cl)n2c1. The average Bonchev–Trinajstić information content (AvgIpc) is 2.46. The molecule has 74 valence electrons. The van der Waals surface area contributed by atoms with Crippen LogP contribution in [0.15, 0.2) is 18.3 Å². The second kappa shape index (κ2) is 2.84. The molecule has 0 radical (unpaired) electrons. The molecule has 2 aromatic rings. The normalized spacial score (nSPS) is 12.3. The van der Waals surface area contributed by atoms with Crippen LogP contribution in [-0.4, -0.2) is 14.6 Å². The maximum Gasteiger partial charge on any atom is 0.417 e. The highest BCUT2D eigenvalue weighted by Crippen LogP contribution is 2.29. The first kappa shape index (κ1) is 9.26. The summed E-state index contributed by atoms with van der Waals surface area (Å²) in [5.74, 6) is 0. The Morgan fingerprint density at radius 3 is 2.57 bits per heavy atom. The van der Waals surface area contributed by atoms with Gasteiger partial charge < -0.3 is 0 Å². The third-order valence-electron chi connectivity index (χ3n) is 1.69. The number of nitrogens with zero attached hydrogens (tertiary/aromatic N) is 3. The van der Waals surface area contributed by atoms with Gasteiger partial charge in [0, 0.05) is 6.20 Å². The lowest BCUT2D eigenvalue weighted by atomic mass is 10.3. The van der Waals surface area contributed by atoms with Crippen molar-refractivity contribution in [3.63, 3.8) is 0 Å². The van der Waals surface area contributed by atoms with Crippen molar-refractivity contribution in [2.24, 2.45) is 0 Å². The van der Waals surface area contributed by atoms with Gasteiger partial charge in [-0.25, -0.2) is 0 Å². The number of rotatable bonds is 0. The van der Waals surface area contributed by atoms with Gasteiger partial charge in [-0.1, -0.05) is 0 Å². The van der Waals surface area contributed by atoms with E-state index in [2.05, 4.69) is 10.2 Å². The first-order chi connectivity index (χ1) is 6.48. The van der Waals surface area contributed by atoms with Crippen molar-refractivity contribution in [3.8, 4) is 0 Å². The van der Waals surface area contributed by atoms with Crippen molar-refractivity contribution in [1.82, 2.24) is 14.6 Å². The van der Waals surface area contributed by atoms with Crippen molar-refractivity contribution in [3.05, 3.63) is 29.2 Å². The summed E-state index contributed by atoms with van der Waals surface area (Å²) in [6.07, 6.45) is -3.53. The molecule has 2 heterocycles. The van der Waals surface area contributed by atoms with Gasteiger partial charge in [0.1, 0.15) is 0 Å². The van der Waals surface area contributed by atoms with Crippen LogP contribution in [0.3, 0.4) is 0 Å². The van der Waals surface area contributed by atoms with E-state index in [0.717, 1.165) is 16.7 Å². The van der Waals surface area contributed by atoms with Gasteiger partial charge >= 0.3 is 6.18 Å². The van der Waals surface area contributed by atoms with Crippen LogP contribution in [0.5, 0.6) is 0 Å². The van der Waals surface area contributed by atoms with Crippen molar-refractivity contribution >= 4 is 17.2 Å². The van der Waals surface area contributed by atoms with Crippen molar-refractivity contribution in [2.75, 3.05) is 0 Å². The van der Waals surface area contributed by atoms with Crippen molar-refractivity contribution in [2.45, 2.75) is 6.18 Å². The van der Waals surface area contributed by atoms with E-state index >= 15 is 0 Å². The number of halogens is 4. The van der Waals surface area contributed by atoms with E-state index in [9.17, 15) is 13.2 Å². The summed E-state index contributed by atoms with van der Waals surface area (Å²) in [5.41, 5.74) is -0.505. The largest absolute Gasteiger partial charge is 0.417 e. The molecule has 14 heavy (non-hydrogen) atoms. The molecule has 0 aliphatic rings. The zero-order chi connectivity index (χ0) is 10.3. The first-order valence-corrected chi connectivity index (χ1v) is 3.94. The standard InChI is InChI=1S/C7H3ClF3N3/c8-6-13-12-5-2-1-4(3-14(5)6)7(9,10)11/h1-3H. The minimum atomic E-state index is -4.39. The Hall–Kier alpha value is -1.30. The van der Waals surface area contributed by atoms with Gasteiger partial charge in [-0.15, -0.1) is 10.2 Å². The Morgan fingerprint density at radius 2 is 1.93 bits per heavy atom. The monoisotopic (exact) mass is 221 g/mol. The fourth-order valence-electron chi connectivity index (χ4n) is 1.03. The van der Waals surface area contributed by atoms with E-state index in [-0.39, 0.29) is 10.9 Å². The molecule has 0 saturated carbocycles. The molecule has 0 aliphatic heterocycles. The van der Waals surface area contributed by atoms with Crippen LogP contribution >= 0.6 is 11.6 Å². The van der Waals surface area contributed by atoms with E-state index in [0.29, 0.717) is 0 Å². The summed E-state index contributed by atoms with van der Waals surface area (Å²) >= 11 is 5.52. The molecule has 3 nitrogen and oxygen atoms in total. The zero-order valence-electron chi connectivity index (χ0n) is 6.59. The molecule has 0 aliphatic carbocycles. The van der Waals surface area contributed by atoms with Crippen LogP contribution in [0.4, 0.5) is 13.2 Å². The molecule has 0 aromatic carbocycles. The summed E-state index contributed by atoms with van der Waals surface area (Å²) in [5, 5.41) is 6.89. The molecule has 0 amide bonds. The number of aromatic nitrogens is 3. The second-order valence-corrected chi connectivity index (χ2v) is 2.95. The molecule has 2 aromatic heterocycles. The second-order valence-electron chi connectivity index (χ2n) is 2.61. The smallest absolute Gasteiger partial charge is 0.273 e. The highest BCUT2D eigenvalue weighted by Gasteiger charge is 2.31. The third-order valence-corrected chi connectivity index (χ3v) is 1.95. The van der Waals surface area contributed by atoms with E-state index in [1.807, 2.05) is 0 Å². The number of hydrogen-bond acceptors (Lipinski definition) is 2. The molecular weight excluding hydrogens is 219 g/mol. The molecule has 0 N–H and O–H groups in total. The van der Waals surface area contributed by atoms with Gasteiger partial charge in [-0.3, -0.25) is 4.40 Å². The molecule has 0 unspecified atom stereocenters. The fourth-order valence-corrected chi connectivity index (χ4v) is 1.20. The molecule has 0 fully saturated rings.